The molecule has 23 heavy (non-hydrogen) atoms. The van der Waals surface area contributed by atoms with Gasteiger partial charge in [-0.15, -0.1) is 0 Å². The van der Waals surface area contributed by atoms with Gasteiger partial charge in [0.05, 0.1) is 5.92 Å². The zero-order chi connectivity index (χ0) is 16.8. The predicted molar refractivity (Wildman–Crippen MR) is 81.8 cm³/mol. The van der Waals surface area contributed by atoms with Gasteiger partial charge in [0.1, 0.15) is 11.3 Å². The van der Waals surface area contributed by atoms with Crippen molar-refractivity contribution in [3.8, 4) is 5.75 Å². The summed E-state index contributed by atoms with van der Waals surface area (Å²) in [4.78, 5) is 23.1. The van der Waals surface area contributed by atoms with E-state index in [2.05, 4.69) is 0 Å². The number of nitrogens with two attached hydrogens (primary N) is 1. The highest BCUT2D eigenvalue weighted by molar-refractivity contribution is 5.88. The fourth-order valence-corrected chi connectivity index (χ4v) is 4.73. The number of rotatable bonds is 5. The molecule has 0 heterocycles. The topological polar surface area (TPSA) is 121 Å². The van der Waals surface area contributed by atoms with Crippen molar-refractivity contribution in [2.75, 3.05) is 0 Å². The fourth-order valence-electron chi connectivity index (χ4n) is 4.73. The molecule has 1 aromatic carbocycles. The van der Waals surface area contributed by atoms with Gasteiger partial charge >= 0.3 is 11.9 Å². The normalized spacial score (nSPS) is 35.3. The van der Waals surface area contributed by atoms with Crippen LogP contribution in [0, 0.1) is 23.7 Å². The molecule has 0 saturated heterocycles. The second-order valence-electron chi connectivity index (χ2n) is 6.82. The number of aromatic hydroxyl groups is 1. The summed E-state index contributed by atoms with van der Waals surface area (Å²) in [6, 6.07) is 7.07. The average molecular weight is 319 g/mol. The Morgan fingerprint density at radius 1 is 1.22 bits per heavy atom. The molecule has 2 aliphatic rings. The molecule has 2 bridgehead atoms. The van der Waals surface area contributed by atoms with Crippen LogP contribution in [0.2, 0.25) is 0 Å². The minimum absolute atomic E-state index is 0.0799. The Hall–Kier alpha value is -2.08. The number of carboxylic acids is 2. The summed E-state index contributed by atoms with van der Waals surface area (Å²) >= 11 is 0. The quantitative estimate of drug-likeness (QED) is 0.652. The molecule has 0 unspecified atom stereocenters. The second-order valence-corrected chi connectivity index (χ2v) is 6.82. The van der Waals surface area contributed by atoms with E-state index in [9.17, 15) is 24.9 Å². The van der Waals surface area contributed by atoms with Gasteiger partial charge in [0.25, 0.3) is 0 Å². The Kier molecular flexibility index (Phi) is 3.80. The smallest absolute Gasteiger partial charge is 0.324 e. The number of hydrogen-bond acceptors (Lipinski definition) is 4. The fraction of sp³-hybridized carbons (Fsp3) is 0.529. The van der Waals surface area contributed by atoms with E-state index in [0.717, 1.165) is 5.56 Å². The highest BCUT2D eigenvalue weighted by atomic mass is 16.4. The van der Waals surface area contributed by atoms with Gasteiger partial charge in [-0.05, 0) is 55.1 Å². The van der Waals surface area contributed by atoms with Gasteiger partial charge in [0.15, 0.2) is 0 Å². The molecular formula is C17H21NO5. The maximum Gasteiger partial charge on any atom is 0.324 e. The first-order chi connectivity index (χ1) is 10.9. The Bertz CT molecular complexity index is 646. The Balaban J connectivity index is 1.77. The van der Waals surface area contributed by atoms with Gasteiger partial charge in [-0.25, -0.2) is 0 Å². The van der Waals surface area contributed by atoms with Crippen LogP contribution in [0.15, 0.2) is 24.3 Å². The van der Waals surface area contributed by atoms with Crippen molar-refractivity contribution in [1.82, 2.24) is 0 Å². The molecule has 0 aromatic heterocycles. The molecule has 6 heteroatoms. The molecule has 2 fully saturated rings. The highest BCUT2D eigenvalue weighted by Gasteiger charge is 2.66. The molecule has 5 atom stereocenters. The van der Waals surface area contributed by atoms with E-state index in [0.29, 0.717) is 25.7 Å². The Morgan fingerprint density at radius 3 is 2.52 bits per heavy atom. The summed E-state index contributed by atoms with van der Waals surface area (Å²) in [5, 5.41) is 28.7. The summed E-state index contributed by atoms with van der Waals surface area (Å²) in [6.07, 6.45) is 2.60. The molecule has 0 radical (unpaired) electrons. The number of carboxylic acid groups (broad SMARTS) is 2. The number of benzene rings is 1. The molecule has 0 aliphatic heterocycles. The Morgan fingerprint density at radius 2 is 1.91 bits per heavy atom. The van der Waals surface area contributed by atoms with Gasteiger partial charge in [-0.2, -0.15) is 0 Å². The first kappa shape index (κ1) is 15.8. The van der Waals surface area contributed by atoms with Crippen LogP contribution < -0.4 is 5.73 Å². The van der Waals surface area contributed by atoms with Gasteiger partial charge in [0, 0.05) is 0 Å². The largest absolute Gasteiger partial charge is 0.508 e. The first-order valence-corrected chi connectivity index (χ1v) is 7.87. The summed E-state index contributed by atoms with van der Waals surface area (Å²) < 4.78 is 0. The first-order valence-electron chi connectivity index (χ1n) is 7.87. The van der Waals surface area contributed by atoms with E-state index in [1.165, 1.54) is 0 Å². The highest BCUT2D eigenvalue weighted by Crippen LogP contribution is 2.57. The third-order valence-corrected chi connectivity index (χ3v) is 5.74. The lowest BCUT2D eigenvalue weighted by molar-refractivity contribution is -0.159. The molecule has 124 valence electrons. The summed E-state index contributed by atoms with van der Waals surface area (Å²) in [5.74, 6) is -3.52. The zero-order valence-electron chi connectivity index (χ0n) is 12.7. The van der Waals surface area contributed by atoms with Crippen molar-refractivity contribution in [1.29, 1.82) is 0 Å². The van der Waals surface area contributed by atoms with Crippen LogP contribution in [-0.2, 0) is 16.0 Å². The SMILES string of the molecule is N[C@]1(C(=O)O)[C@@H]2C[C@@H](C[C@H]2CCc2ccccc2O)[C@@H]1C(=O)O. The van der Waals surface area contributed by atoms with Crippen LogP contribution in [0.3, 0.4) is 0 Å². The number of phenols is 1. The lowest BCUT2D eigenvalue weighted by Gasteiger charge is -2.39. The van der Waals surface area contributed by atoms with E-state index in [4.69, 9.17) is 5.73 Å². The standard InChI is InChI=1S/C17H21NO5/c18-17(16(22)23)12-8-11(14(17)15(20)21)7-10(12)6-5-9-3-1-2-4-13(9)19/h1-4,10-12,14,19H,5-8,18H2,(H,20,21)(H,22,23)/t10-,11-,12-,14-,17-/m1/s1. The average Bonchev–Trinajstić information content (AvgIpc) is 3.02. The van der Waals surface area contributed by atoms with Crippen molar-refractivity contribution >= 4 is 11.9 Å². The minimum Gasteiger partial charge on any atom is -0.508 e. The van der Waals surface area contributed by atoms with Gasteiger partial charge in [0.2, 0.25) is 0 Å². The third kappa shape index (κ3) is 2.37. The number of fused-ring (bicyclic) bond motifs is 2. The number of carbonyl (C=O) groups is 2. The van der Waals surface area contributed by atoms with E-state index in [-0.39, 0.29) is 23.5 Å². The Labute approximate surface area is 133 Å². The van der Waals surface area contributed by atoms with Crippen molar-refractivity contribution in [2.45, 2.75) is 31.2 Å². The lowest BCUT2D eigenvalue weighted by Crippen LogP contribution is -2.62. The molecule has 0 spiro atoms. The maximum absolute atomic E-state index is 11.7. The van der Waals surface area contributed by atoms with Crippen LogP contribution >= 0.6 is 0 Å². The number of hydrogen-bond donors (Lipinski definition) is 4. The summed E-state index contributed by atoms with van der Waals surface area (Å²) in [6.45, 7) is 0. The molecule has 0 amide bonds. The minimum atomic E-state index is -1.68. The van der Waals surface area contributed by atoms with E-state index >= 15 is 0 Å². The van der Waals surface area contributed by atoms with Crippen LogP contribution in [0.5, 0.6) is 5.75 Å². The number of aryl methyl sites for hydroxylation is 1. The van der Waals surface area contributed by atoms with Crippen molar-refractivity contribution in [3.05, 3.63) is 29.8 Å². The van der Waals surface area contributed by atoms with Crippen molar-refractivity contribution in [2.24, 2.45) is 29.4 Å². The van der Waals surface area contributed by atoms with Crippen molar-refractivity contribution < 1.29 is 24.9 Å². The second kappa shape index (κ2) is 5.53. The maximum atomic E-state index is 11.7. The number of para-hydroxylation sites is 1. The third-order valence-electron chi connectivity index (χ3n) is 5.74. The lowest BCUT2D eigenvalue weighted by atomic mass is 9.67. The molecule has 1 aromatic rings. The van der Waals surface area contributed by atoms with Crippen LogP contribution in [-0.4, -0.2) is 32.8 Å². The van der Waals surface area contributed by atoms with E-state index < -0.39 is 23.4 Å². The molecule has 3 rings (SSSR count). The van der Waals surface area contributed by atoms with E-state index in [1.807, 2.05) is 12.1 Å². The van der Waals surface area contributed by atoms with Crippen molar-refractivity contribution in [3.63, 3.8) is 0 Å². The van der Waals surface area contributed by atoms with E-state index in [1.54, 1.807) is 12.1 Å². The van der Waals surface area contributed by atoms with Crippen LogP contribution in [0.4, 0.5) is 0 Å². The van der Waals surface area contributed by atoms with Crippen LogP contribution in [0.25, 0.3) is 0 Å². The number of phenolic OH excluding ortho intramolecular Hbond substituents is 1. The predicted octanol–water partition coefficient (Wildman–Crippen LogP) is 1.46. The molecule has 5 N–H and O–H groups in total. The molecule has 2 saturated carbocycles. The van der Waals surface area contributed by atoms with Gasteiger partial charge in [-0.1, -0.05) is 18.2 Å². The van der Waals surface area contributed by atoms with Gasteiger partial charge in [-0.3, -0.25) is 9.59 Å². The number of aliphatic carboxylic acids is 2. The molecular weight excluding hydrogens is 298 g/mol. The van der Waals surface area contributed by atoms with Crippen LogP contribution in [0.1, 0.15) is 24.8 Å². The molecule has 2 aliphatic carbocycles. The molecule has 6 nitrogen and oxygen atoms in total. The summed E-state index contributed by atoms with van der Waals surface area (Å²) in [7, 11) is 0. The monoisotopic (exact) mass is 319 g/mol. The van der Waals surface area contributed by atoms with Gasteiger partial charge < -0.3 is 21.1 Å². The summed E-state index contributed by atoms with van der Waals surface area (Å²) in [5.41, 5.74) is 5.23. The zero-order valence-corrected chi connectivity index (χ0v) is 12.7.